The minimum absolute atomic E-state index is 0.404. The van der Waals surface area contributed by atoms with Gasteiger partial charge in [-0.15, -0.1) is 11.3 Å². The Morgan fingerprint density at radius 3 is 2.37 bits per heavy atom. The maximum Gasteiger partial charge on any atom is 0.0488 e. The Labute approximate surface area is 135 Å². The van der Waals surface area contributed by atoms with Gasteiger partial charge in [0.1, 0.15) is 0 Å². The third-order valence-electron chi connectivity index (χ3n) is 5.30. The number of benzene rings is 1. The predicted molar refractivity (Wildman–Crippen MR) is 92.2 cm³/mol. The van der Waals surface area contributed by atoms with Gasteiger partial charge >= 0.3 is 0 Å². The highest BCUT2D eigenvalue weighted by Crippen LogP contribution is 2.74. The molecule has 3 heteroatoms. The van der Waals surface area contributed by atoms with Gasteiger partial charge in [-0.1, -0.05) is 55.8 Å². The van der Waals surface area contributed by atoms with Crippen molar-refractivity contribution in [1.29, 1.82) is 0 Å². The van der Waals surface area contributed by atoms with Gasteiger partial charge in [0.25, 0.3) is 0 Å². The van der Waals surface area contributed by atoms with Crippen LogP contribution in [0.2, 0.25) is 0 Å². The summed E-state index contributed by atoms with van der Waals surface area (Å²) in [6.45, 7) is 9.54. The van der Waals surface area contributed by atoms with Crippen LogP contribution >= 0.6 is 43.2 Å². The van der Waals surface area contributed by atoms with E-state index in [2.05, 4.69) is 83.1 Å². The lowest BCUT2D eigenvalue weighted by atomic mass is 10.0. The van der Waals surface area contributed by atoms with E-state index in [0.717, 1.165) is 0 Å². The van der Waals surface area contributed by atoms with E-state index in [1.165, 1.54) is 20.1 Å². The summed E-state index contributed by atoms with van der Waals surface area (Å²) >= 11 is 9.47. The zero-order valence-corrected chi connectivity index (χ0v) is 15.6. The smallest absolute Gasteiger partial charge is 0.0488 e. The van der Waals surface area contributed by atoms with Crippen LogP contribution in [0, 0.1) is 16.7 Å². The molecule has 1 heterocycles. The highest BCUT2D eigenvalue weighted by Gasteiger charge is 2.67. The summed E-state index contributed by atoms with van der Waals surface area (Å²) in [6.07, 6.45) is 0. The monoisotopic (exact) mass is 400 g/mol. The van der Waals surface area contributed by atoms with Crippen molar-refractivity contribution >= 4 is 53.3 Å². The van der Waals surface area contributed by atoms with Crippen LogP contribution in [-0.2, 0) is 0 Å². The Bertz CT molecular complexity index is 625. The van der Waals surface area contributed by atoms with Crippen molar-refractivity contribution < 1.29 is 0 Å². The van der Waals surface area contributed by atoms with Crippen molar-refractivity contribution in [2.45, 2.75) is 32.5 Å². The van der Waals surface area contributed by atoms with Crippen molar-refractivity contribution in [2.24, 2.45) is 16.7 Å². The molecule has 3 rings (SSSR count). The average molecular weight is 402 g/mol. The lowest BCUT2D eigenvalue weighted by Crippen LogP contribution is -1.98. The van der Waals surface area contributed by atoms with Gasteiger partial charge in [-0.3, -0.25) is 0 Å². The van der Waals surface area contributed by atoms with Crippen LogP contribution in [0.3, 0.4) is 0 Å². The average Bonchev–Trinajstić information content (AvgIpc) is 2.66. The van der Waals surface area contributed by atoms with Gasteiger partial charge in [-0.05, 0) is 55.1 Å². The van der Waals surface area contributed by atoms with Gasteiger partial charge in [-0.2, -0.15) is 0 Å². The molecule has 2 aromatic rings. The first kappa shape index (κ1) is 14.1. The number of hydrogen-bond acceptors (Lipinski definition) is 1. The molecular weight excluding hydrogens is 384 g/mol. The zero-order valence-electron chi connectivity index (χ0n) is 11.6. The van der Waals surface area contributed by atoms with Crippen LogP contribution in [0.4, 0.5) is 0 Å². The minimum atomic E-state index is 0.404. The van der Waals surface area contributed by atoms with Gasteiger partial charge in [-0.25, -0.2) is 0 Å². The predicted octanol–water partition coefficient (Wildman–Crippen LogP) is 6.78. The molecule has 1 fully saturated rings. The fourth-order valence-electron chi connectivity index (χ4n) is 3.41. The molecule has 0 spiro atoms. The molecule has 1 saturated carbocycles. The van der Waals surface area contributed by atoms with Crippen molar-refractivity contribution in [3.05, 3.63) is 33.6 Å². The molecule has 1 unspecified atom stereocenters. The van der Waals surface area contributed by atoms with Gasteiger partial charge < -0.3 is 0 Å². The third kappa shape index (κ3) is 1.88. The molecule has 1 aliphatic rings. The van der Waals surface area contributed by atoms with E-state index in [9.17, 15) is 0 Å². The van der Waals surface area contributed by atoms with E-state index in [1.54, 1.807) is 0 Å². The molecule has 0 N–H and O–H groups in total. The topological polar surface area (TPSA) is 0 Å². The van der Waals surface area contributed by atoms with Gasteiger partial charge in [0.05, 0.1) is 0 Å². The van der Waals surface area contributed by atoms with E-state index in [4.69, 9.17) is 0 Å². The molecule has 1 aromatic carbocycles. The molecule has 0 nitrogen and oxygen atoms in total. The second-order valence-electron chi connectivity index (χ2n) is 6.63. The Morgan fingerprint density at radius 2 is 1.79 bits per heavy atom. The second-order valence-corrected chi connectivity index (χ2v) is 9.35. The normalized spacial score (nSPS) is 22.6. The molecule has 102 valence electrons. The van der Waals surface area contributed by atoms with Crippen molar-refractivity contribution in [3.63, 3.8) is 0 Å². The quantitative estimate of drug-likeness (QED) is 0.486. The Kier molecular flexibility index (Phi) is 3.20. The first-order valence-electron chi connectivity index (χ1n) is 6.58. The molecule has 0 saturated heterocycles. The number of halogens is 2. The molecule has 1 aliphatic carbocycles. The van der Waals surface area contributed by atoms with E-state index >= 15 is 0 Å². The molecule has 0 radical (unpaired) electrons. The molecule has 1 aromatic heterocycles. The van der Waals surface area contributed by atoms with Crippen LogP contribution in [0.25, 0.3) is 10.1 Å². The molecule has 0 amide bonds. The SMILES string of the molecule is CC1(C)C(C(Br)c2csc3c(Br)cccc23)C1(C)C. The fourth-order valence-corrected chi connectivity index (χ4v) is 6.95. The summed E-state index contributed by atoms with van der Waals surface area (Å²) in [5.41, 5.74) is 2.26. The van der Waals surface area contributed by atoms with Crippen LogP contribution in [0.1, 0.15) is 38.1 Å². The maximum atomic E-state index is 3.98. The Morgan fingerprint density at radius 1 is 1.16 bits per heavy atom. The summed E-state index contributed by atoms with van der Waals surface area (Å²) in [6, 6.07) is 6.49. The molecular formula is C16H18Br2S. The van der Waals surface area contributed by atoms with Crippen molar-refractivity contribution in [2.75, 3.05) is 0 Å². The van der Waals surface area contributed by atoms with Gasteiger partial charge in [0.2, 0.25) is 0 Å². The molecule has 0 aliphatic heterocycles. The Balaban J connectivity index is 2.05. The first-order valence-corrected chi connectivity index (χ1v) is 9.17. The first-order chi connectivity index (χ1) is 8.78. The lowest BCUT2D eigenvalue weighted by molar-refractivity contribution is 0.457. The summed E-state index contributed by atoms with van der Waals surface area (Å²) in [5.74, 6) is 0.691. The maximum absolute atomic E-state index is 3.98. The summed E-state index contributed by atoms with van der Waals surface area (Å²) in [5, 5.41) is 3.71. The van der Waals surface area contributed by atoms with Crippen molar-refractivity contribution in [1.82, 2.24) is 0 Å². The van der Waals surface area contributed by atoms with Crippen LogP contribution < -0.4 is 0 Å². The van der Waals surface area contributed by atoms with Gasteiger partial charge in [0.15, 0.2) is 0 Å². The fraction of sp³-hybridized carbons (Fsp3) is 0.500. The van der Waals surface area contributed by atoms with E-state index in [1.807, 2.05) is 11.3 Å². The standard InChI is InChI=1S/C16H18Br2S/c1-15(2)14(16(15,3)4)12(18)10-8-19-13-9(10)6-5-7-11(13)17/h5-8,12,14H,1-4H3. The van der Waals surface area contributed by atoms with E-state index in [-0.39, 0.29) is 0 Å². The third-order valence-corrected chi connectivity index (χ3v) is 8.30. The van der Waals surface area contributed by atoms with Crippen LogP contribution in [-0.4, -0.2) is 0 Å². The molecule has 1 atom stereocenters. The second kappa shape index (κ2) is 4.32. The molecule has 19 heavy (non-hydrogen) atoms. The largest absolute Gasteiger partial charge is 0.142 e. The zero-order chi connectivity index (χ0) is 14.0. The number of alkyl halides is 1. The lowest BCUT2D eigenvalue weighted by Gasteiger charge is -2.11. The minimum Gasteiger partial charge on any atom is -0.142 e. The number of fused-ring (bicyclic) bond motifs is 1. The summed E-state index contributed by atoms with van der Waals surface area (Å²) in [4.78, 5) is 0.445. The highest BCUT2D eigenvalue weighted by atomic mass is 79.9. The van der Waals surface area contributed by atoms with Crippen LogP contribution in [0.5, 0.6) is 0 Å². The van der Waals surface area contributed by atoms with Crippen LogP contribution in [0.15, 0.2) is 28.1 Å². The van der Waals surface area contributed by atoms with Crippen molar-refractivity contribution in [3.8, 4) is 0 Å². The summed E-state index contributed by atoms with van der Waals surface area (Å²) in [7, 11) is 0. The number of thiophene rings is 1. The Hall–Kier alpha value is 0.140. The molecule has 0 bridgehead atoms. The van der Waals surface area contributed by atoms with E-state index in [0.29, 0.717) is 21.6 Å². The summed E-state index contributed by atoms with van der Waals surface area (Å²) < 4.78 is 2.56. The number of rotatable bonds is 2. The highest BCUT2D eigenvalue weighted by molar-refractivity contribution is 9.10. The number of hydrogen-bond donors (Lipinski definition) is 0. The van der Waals surface area contributed by atoms with E-state index < -0.39 is 0 Å². The van der Waals surface area contributed by atoms with Gasteiger partial charge in [0, 0.05) is 14.0 Å².